The monoisotopic (exact) mass is 208 g/mol. The van der Waals surface area contributed by atoms with Crippen LogP contribution in [0.2, 0.25) is 0 Å². The van der Waals surface area contributed by atoms with Gasteiger partial charge in [-0.25, -0.2) is 4.68 Å². The van der Waals surface area contributed by atoms with Gasteiger partial charge < -0.3 is 5.84 Å². The zero-order valence-corrected chi connectivity index (χ0v) is 8.28. The fourth-order valence-electron chi connectivity index (χ4n) is 1.29. The topological polar surface area (TPSA) is 65.8 Å². The average molecular weight is 208 g/mol. The molecular formula is C8H8N4OS. The van der Waals surface area contributed by atoms with Crippen molar-refractivity contribution < 1.29 is 0 Å². The summed E-state index contributed by atoms with van der Waals surface area (Å²) >= 11 is 4.98. The third-order valence-corrected chi connectivity index (χ3v) is 2.56. The van der Waals surface area contributed by atoms with Crippen LogP contribution < -0.4 is 11.4 Å². The first kappa shape index (κ1) is 8.89. The summed E-state index contributed by atoms with van der Waals surface area (Å²) in [5, 5.41) is 0.513. The van der Waals surface area contributed by atoms with Gasteiger partial charge in [-0.15, -0.1) is 0 Å². The van der Waals surface area contributed by atoms with E-state index >= 15 is 0 Å². The quantitative estimate of drug-likeness (QED) is 0.495. The van der Waals surface area contributed by atoms with Gasteiger partial charge in [0.05, 0.1) is 17.1 Å². The van der Waals surface area contributed by atoms with Crippen molar-refractivity contribution in [2.24, 2.45) is 7.05 Å². The highest BCUT2D eigenvalue weighted by Gasteiger charge is 2.05. The molecule has 0 unspecified atom stereocenters. The molecule has 0 amide bonds. The van der Waals surface area contributed by atoms with E-state index in [1.165, 1.54) is 15.4 Å². The third-order valence-electron chi connectivity index (χ3n) is 2.09. The Hall–Kier alpha value is -1.69. The minimum absolute atomic E-state index is 0.158. The van der Waals surface area contributed by atoms with Crippen LogP contribution in [0, 0.1) is 4.77 Å². The van der Waals surface area contributed by atoms with Crippen molar-refractivity contribution >= 4 is 23.1 Å². The Labute approximate surface area is 84.4 Å². The van der Waals surface area contributed by atoms with Crippen LogP contribution in [-0.4, -0.2) is 14.2 Å². The van der Waals surface area contributed by atoms with Crippen LogP contribution in [0.15, 0.2) is 23.3 Å². The SMILES string of the molecule is Cn1c(=O)c2ccncc2n(N)c1=S. The Morgan fingerprint density at radius 1 is 1.57 bits per heavy atom. The number of hydrogen-bond donors (Lipinski definition) is 1. The summed E-state index contributed by atoms with van der Waals surface area (Å²) in [5.41, 5.74) is 0.384. The van der Waals surface area contributed by atoms with Gasteiger partial charge in [0.2, 0.25) is 4.77 Å². The lowest BCUT2D eigenvalue weighted by Crippen LogP contribution is -2.26. The van der Waals surface area contributed by atoms with Crippen LogP contribution >= 0.6 is 12.2 Å². The predicted molar refractivity (Wildman–Crippen MR) is 56.0 cm³/mol. The summed E-state index contributed by atoms with van der Waals surface area (Å²) < 4.78 is 2.88. The fraction of sp³-hybridized carbons (Fsp3) is 0.125. The lowest BCUT2D eigenvalue weighted by atomic mass is 10.3. The summed E-state index contributed by atoms with van der Waals surface area (Å²) in [5.74, 6) is 5.70. The van der Waals surface area contributed by atoms with E-state index in [-0.39, 0.29) is 10.3 Å². The molecule has 0 atom stereocenters. The predicted octanol–water partition coefficient (Wildman–Crippen LogP) is 0.178. The maximum Gasteiger partial charge on any atom is 0.262 e. The van der Waals surface area contributed by atoms with Gasteiger partial charge in [0.15, 0.2) is 0 Å². The van der Waals surface area contributed by atoms with E-state index in [1.54, 1.807) is 19.3 Å². The maximum atomic E-state index is 11.7. The molecular weight excluding hydrogens is 200 g/mol. The van der Waals surface area contributed by atoms with Crippen molar-refractivity contribution in [3.05, 3.63) is 33.6 Å². The van der Waals surface area contributed by atoms with Gasteiger partial charge >= 0.3 is 0 Å². The van der Waals surface area contributed by atoms with Crippen molar-refractivity contribution in [2.75, 3.05) is 5.84 Å². The second-order valence-electron chi connectivity index (χ2n) is 2.91. The highest BCUT2D eigenvalue weighted by molar-refractivity contribution is 7.71. The molecule has 2 rings (SSSR count). The van der Waals surface area contributed by atoms with Crippen LogP contribution in [0.25, 0.3) is 10.9 Å². The van der Waals surface area contributed by atoms with Crippen LogP contribution in [0.5, 0.6) is 0 Å². The molecule has 0 aliphatic carbocycles. The number of pyridine rings is 1. The van der Waals surface area contributed by atoms with Crippen LogP contribution in [0.4, 0.5) is 0 Å². The lowest BCUT2D eigenvalue weighted by Gasteiger charge is -2.07. The third kappa shape index (κ3) is 1.04. The van der Waals surface area contributed by atoms with Gasteiger partial charge in [0.25, 0.3) is 5.56 Å². The van der Waals surface area contributed by atoms with Gasteiger partial charge in [-0.1, -0.05) is 0 Å². The van der Waals surface area contributed by atoms with Crippen LogP contribution in [0.3, 0.4) is 0 Å². The van der Waals surface area contributed by atoms with Gasteiger partial charge in [-0.3, -0.25) is 14.3 Å². The van der Waals surface area contributed by atoms with E-state index in [9.17, 15) is 4.79 Å². The molecule has 0 radical (unpaired) electrons. The fourth-order valence-corrected chi connectivity index (χ4v) is 1.47. The Bertz CT molecular complexity index is 613. The molecule has 0 aliphatic heterocycles. The molecule has 2 aromatic heterocycles. The molecule has 0 saturated heterocycles. The zero-order chi connectivity index (χ0) is 10.3. The van der Waals surface area contributed by atoms with E-state index in [2.05, 4.69) is 4.98 Å². The smallest absolute Gasteiger partial charge is 0.262 e. The van der Waals surface area contributed by atoms with E-state index in [4.69, 9.17) is 18.1 Å². The number of rotatable bonds is 0. The van der Waals surface area contributed by atoms with Crippen LogP contribution in [0.1, 0.15) is 0 Å². The van der Waals surface area contributed by atoms with Crippen molar-refractivity contribution in [1.29, 1.82) is 0 Å². The lowest BCUT2D eigenvalue weighted by molar-refractivity contribution is 0.770. The summed E-state index contributed by atoms with van der Waals surface area (Å²) in [6, 6.07) is 1.62. The Balaban J connectivity index is 3.19. The number of fused-ring (bicyclic) bond motifs is 1. The molecule has 0 aromatic carbocycles. The summed E-state index contributed by atoms with van der Waals surface area (Å²) in [6.07, 6.45) is 3.07. The minimum Gasteiger partial charge on any atom is -0.337 e. The molecule has 72 valence electrons. The molecule has 0 aliphatic rings. The van der Waals surface area contributed by atoms with E-state index in [0.717, 1.165) is 0 Å². The largest absolute Gasteiger partial charge is 0.337 e. The second kappa shape index (κ2) is 2.91. The molecule has 14 heavy (non-hydrogen) atoms. The Morgan fingerprint density at radius 2 is 2.29 bits per heavy atom. The average Bonchev–Trinajstić information content (AvgIpc) is 2.23. The van der Waals surface area contributed by atoms with Gasteiger partial charge in [0, 0.05) is 13.2 Å². The molecule has 0 spiro atoms. The van der Waals surface area contributed by atoms with Crippen molar-refractivity contribution in [3.63, 3.8) is 0 Å². The van der Waals surface area contributed by atoms with Crippen molar-refractivity contribution in [2.45, 2.75) is 0 Å². The van der Waals surface area contributed by atoms with E-state index in [0.29, 0.717) is 10.9 Å². The van der Waals surface area contributed by atoms with Gasteiger partial charge in [-0.2, -0.15) is 0 Å². The Kier molecular flexibility index (Phi) is 1.85. The number of nitrogens with zero attached hydrogens (tertiary/aromatic N) is 3. The molecule has 5 nitrogen and oxygen atoms in total. The molecule has 2 heterocycles. The van der Waals surface area contributed by atoms with Crippen LogP contribution in [-0.2, 0) is 7.05 Å². The van der Waals surface area contributed by atoms with Gasteiger partial charge in [-0.05, 0) is 18.3 Å². The Morgan fingerprint density at radius 3 is 3.00 bits per heavy atom. The van der Waals surface area contributed by atoms with Gasteiger partial charge in [0.1, 0.15) is 0 Å². The molecule has 0 saturated carbocycles. The minimum atomic E-state index is -0.158. The summed E-state index contributed by atoms with van der Waals surface area (Å²) in [4.78, 5) is 15.6. The molecule has 2 aromatic rings. The first-order valence-corrected chi connectivity index (χ1v) is 4.34. The maximum absolute atomic E-state index is 11.7. The van der Waals surface area contributed by atoms with E-state index in [1.807, 2.05) is 0 Å². The van der Waals surface area contributed by atoms with Crippen molar-refractivity contribution in [1.82, 2.24) is 14.2 Å². The first-order valence-electron chi connectivity index (χ1n) is 3.94. The first-order chi connectivity index (χ1) is 6.63. The molecule has 6 heteroatoms. The zero-order valence-electron chi connectivity index (χ0n) is 7.47. The molecule has 0 fully saturated rings. The molecule has 0 bridgehead atoms. The second-order valence-corrected chi connectivity index (χ2v) is 3.27. The summed E-state index contributed by atoms with van der Waals surface area (Å²) in [7, 11) is 1.59. The number of hydrogen-bond acceptors (Lipinski definition) is 4. The van der Waals surface area contributed by atoms with Crippen molar-refractivity contribution in [3.8, 4) is 0 Å². The highest BCUT2D eigenvalue weighted by atomic mass is 32.1. The normalized spacial score (nSPS) is 10.6. The number of nitrogen functional groups attached to an aromatic ring is 1. The number of nitrogens with two attached hydrogens (primary N) is 1. The van der Waals surface area contributed by atoms with E-state index < -0.39 is 0 Å². The molecule has 2 N–H and O–H groups in total. The summed E-state index contributed by atoms with van der Waals surface area (Å²) in [6.45, 7) is 0. The highest BCUT2D eigenvalue weighted by Crippen LogP contribution is 2.04. The standard InChI is InChI=1S/C8H8N4OS/c1-11-7(13)5-2-3-10-4-6(5)12(9)8(11)14/h2-4H,9H2,1H3. The number of aromatic nitrogens is 3.